The molecule has 17 N–H and O–H groups in total. The molecular formula is C36H66N10O13. The van der Waals surface area contributed by atoms with Crippen LogP contribution in [0.25, 0.3) is 0 Å². The van der Waals surface area contributed by atoms with Gasteiger partial charge in [0.1, 0.15) is 42.3 Å². The Balaban J connectivity index is 6.08. The van der Waals surface area contributed by atoms with Gasteiger partial charge in [-0.25, -0.2) is 4.79 Å². The van der Waals surface area contributed by atoms with E-state index in [1.165, 1.54) is 6.92 Å². The topological polar surface area (TPSA) is 386 Å². The fourth-order valence-electron chi connectivity index (χ4n) is 5.27. The lowest BCUT2D eigenvalue weighted by Gasteiger charge is -2.30. The fourth-order valence-corrected chi connectivity index (χ4v) is 5.27. The number of hydrogen-bond donors (Lipinski definition) is 15. The molecule has 0 aliphatic heterocycles. The van der Waals surface area contributed by atoms with E-state index >= 15 is 0 Å². The summed E-state index contributed by atoms with van der Waals surface area (Å²) in [7, 11) is 0. The lowest BCUT2D eigenvalue weighted by molar-refractivity contribution is -0.143. The van der Waals surface area contributed by atoms with Crippen LogP contribution in [0.1, 0.15) is 73.6 Å². The number of carbonyl (C=O) groups is 8. The van der Waals surface area contributed by atoms with Gasteiger partial charge in [-0.2, -0.15) is 0 Å². The van der Waals surface area contributed by atoms with Crippen LogP contribution in [0.3, 0.4) is 0 Å². The number of nitrogens with two attached hydrogens (primary N) is 2. The smallest absolute Gasteiger partial charge is 0.328 e. The number of aliphatic hydroxyl groups excluding tert-OH is 4. The number of hydrogen-bond acceptors (Lipinski definition) is 15. The van der Waals surface area contributed by atoms with Crippen LogP contribution in [0.15, 0.2) is 12.4 Å². The first-order valence-corrected chi connectivity index (χ1v) is 19.4. The van der Waals surface area contributed by atoms with Crippen LogP contribution in [0.5, 0.6) is 0 Å². The first kappa shape index (κ1) is 53.9. The molecule has 0 saturated heterocycles. The van der Waals surface area contributed by atoms with Crippen molar-refractivity contribution in [3.05, 3.63) is 12.4 Å². The van der Waals surface area contributed by atoms with Gasteiger partial charge in [0.05, 0.1) is 37.8 Å². The molecule has 23 nitrogen and oxygen atoms in total. The Kier molecular flexibility index (Phi) is 25.2. The van der Waals surface area contributed by atoms with Gasteiger partial charge in [-0.05, 0) is 38.0 Å². The highest BCUT2D eigenvalue weighted by atomic mass is 16.4. The second kappa shape index (κ2) is 27.6. The summed E-state index contributed by atoms with van der Waals surface area (Å²) >= 11 is 0. The van der Waals surface area contributed by atoms with Crippen molar-refractivity contribution in [3.63, 3.8) is 0 Å². The maximum Gasteiger partial charge on any atom is 0.328 e. The lowest BCUT2D eigenvalue weighted by Crippen LogP contribution is -2.62. The van der Waals surface area contributed by atoms with Crippen LogP contribution in [0.4, 0.5) is 0 Å². The molecule has 0 aliphatic rings. The zero-order valence-corrected chi connectivity index (χ0v) is 34.6. The Bertz CT molecular complexity index is 1430. The van der Waals surface area contributed by atoms with Crippen molar-refractivity contribution >= 4 is 47.3 Å². The molecule has 338 valence electrons. The van der Waals surface area contributed by atoms with E-state index in [1.54, 1.807) is 34.6 Å². The predicted molar refractivity (Wildman–Crippen MR) is 212 cm³/mol. The first-order chi connectivity index (χ1) is 27.6. The molecule has 0 fully saturated rings. The Labute approximate surface area is 343 Å². The number of aliphatic hydroxyl groups is 4. The Morgan fingerprint density at radius 1 is 0.644 bits per heavy atom. The molecule has 0 heterocycles. The van der Waals surface area contributed by atoms with Crippen molar-refractivity contribution in [1.29, 1.82) is 0 Å². The van der Waals surface area contributed by atoms with E-state index < -0.39 is 127 Å². The maximum atomic E-state index is 13.8. The van der Waals surface area contributed by atoms with Gasteiger partial charge in [-0.15, -0.1) is 0 Å². The number of nitrogens with one attached hydrogen (secondary N) is 8. The number of carboxylic acids is 1. The van der Waals surface area contributed by atoms with Crippen LogP contribution in [-0.4, -0.2) is 154 Å². The minimum absolute atomic E-state index is 0.0200. The Hall–Kier alpha value is -5.10. The third kappa shape index (κ3) is 19.5. The zero-order valence-electron chi connectivity index (χ0n) is 34.6. The van der Waals surface area contributed by atoms with E-state index in [9.17, 15) is 53.7 Å². The van der Waals surface area contributed by atoms with Crippen molar-refractivity contribution < 1.29 is 63.9 Å². The Morgan fingerprint density at radius 3 is 1.64 bits per heavy atom. The van der Waals surface area contributed by atoms with Gasteiger partial charge >= 0.3 is 5.97 Å². The molecule has 0 bridgehead atoms. The van der Waals surface area contributed by atoms with Crippen LogP contribution >= 0.6 is 0 Å². The second-order valence-electron chi connectivity index (χ2n) is 14.5. The van der Waals surface area contributed by atoms with E-state index in [1.807, 2.05) is 5.32 Å². The molecule has 0 radical (unpaired) electrons. The van der Waals surface area contributed by atoms with Crippen molar-refractivity contribution in [3.8, 4) is 0 Å². The Morgan fingerprint density at radius 2 is 1.15 bits per heavy atom. The second-order valence-corrected chi connectivity index (χ2v) is 14.5. The van der Waals surface area contributed by atoms with Gasteiger partial charge in [-0.3, -0.25) is 33.6 Å². The van der Waals surface area contributed by atoms with Gasteiger partial charge in [0.15, 0.2) is 0 Å². The molecule has 0 aromatic carbocycles. The molecule has 59 heavy (non-hydrogen) atoms. The molecule has 10 atom stereocenters. The standard InChI is InChI=1S/C36H66N10O13/c1-8-11-21(43-33(55)26(38)29(51)17(3)4)30(52)42-22(12-10-13-39-20(7)37)31(53)45-27(18(5)9-2)35(57)46-28(19(6)49)34(56)40-14-25(50)41-23(15-47)32(54)44-24(16-48)36(58)59/h17-19,21-24,26-29,39,47-49,51H,7-16,37-38H2,1-6H3,(H,40,56)(H,41,50)(H,42,52)(H,43,55)(H,44,54)(H,45,53)(H,46,57)(H,58,59)/t18-,19-,21-,22+,23-,24-,26-,27-,28-,29+/m0/s1. The lowest BCUT2D eigenvalue weighted by atomic mass is 9.96. The van der Waals surface area contributed by atoms with E-state index in [-0.39, 0.29) is 37.5 Å². The quantitative estimate of drug-likeness (QED) is 0.0312. The first-order valence-electron chi connectivity index (χ1n) is 19.4. The number of carbonyl (C=O) groups excluding carboxylic acids is 7. The third-order valence-corrected chi connectivity index (χ3v) is 9.13. The number of carboxylic acid groups (broad SMARTS) is 1. The highest BCUT2D eigenvalue weighted by Gasteiger charge is 2.36. The average molecular weight is 847 g/mol. The molecule has 0 saturated carbocycles. The number of aliphatic carboxylic acids is 1. The van der Waals surface area contributed by atoms with Gasteiger partial charge in [0.25, 0.3) is 0 Å². The molecule has 7 amide bonds. The van der Waals surface area contributed by atoms with Gasteiger partial charge in [0.2, 0.25) is 41.4 Å². The summed E-state index contributed by atoms with van der Waals surface area (Å²) in [5, 5.41) is 67.5. The van der Waals surface area contributed by atoms with E-state index in [2.05, 4.69) is 43.8 Å². The summed E-state index contributed by atoms with van der Waals surface area (Å²) in [5.74, 6) is -8.78. The third-order valence-electron chi connectivity index (χ3n) is 9.13. The number of amides is 7. The van der Waals surface area contributed by atoms with E-state index in [0.717, 1.165) is 0 Å². The largest absolute Gasteiger partial charge is 0.480 e. The molecule has 23 heteroatoms. The summed E-state index contributed by atoms with van der Waals surface area (Å²) in [5.41, 5.74) is 11.5. The molecular weight excluding hydrogens is 780 g/mol. The van der Waals surface area contributed by atoms with Crippen LogP contribution in [-0.2, 0) is 38.4 Å². The summed E-state index contributed by atoms with van der Waals surface area (Å²) in [6.07, 6.45) is -1.51. The minimum atomic E-state index is -1.72. The van der Waals surface area contributed by atoms with Crippen molar-refractivity contribution in [2.75, 3.05) is 26.3 Å². The molecule has 0 aliphatic carbocycles. The van der Waals surface area contributed by atoms with Crippen LogP contribution in [0.2, 0.25) is 0 Å². The van der Waals surface area contributed by atoms with Gasteiger partial charge in [0, 0.05) is 6.54 Å². The summed E-state index contributed by atoms with van der Waals surface area (Å²) in [6, 6.07) is -10.1. The highest BCUT2D eigenvalue weighted by molar-refractivity contribution is 5.97. The van der Waals surface area contributed by atoms with Gasteiger partial charge < -0.3 is 79.5 Å². The van der Waals surface area contributed by atoms with E-state index in [4.69, 9.17) is 21.7 Å². The SMILES string of the molecule is C=C(N)NCCC[C@@H](NC(=O)[C@H](CCC)NC(=O)[C@@H](N)[C@H](O)C(C)C)C(=O)N[C@H](C(=O)N[C@H](C(=O)NCC(=O)N[C@@H](CO)C(=O)N[C@@H](CO)C(=O)O)[C@H](C)O)[C@@H](C)CC. The molecule has 0 aromatic heterocycles. The van der Waals surface area contributed by atoms with Crippen molar-refractivity contribution in [2.45, 2.75) is 128 Å². The fraction of sp³-hybridized carbons (Fsp3) is 0.722. The summed E-state index contributed by atoms with van der Waals surface area (Å²) in [6.45, 7) is 10.7. The molecule has 0 unspecified atom stereocenters. The highest BCUT2D eigenvalue weighted by Crippen LogP contribution is 2.12. The number of rotatable bonds is 29. The monoisotopic (exact) mass is 846 g/mol. The predicted octanol–water partition coefficient (Wildman–Crippen LogP) is -5.55. The summed E-state index contributed by atoms with van der Waals surface area (Å²) < 4.78 is 0. The summed E-state index contributed by atoms with van der Waals surface area (Å²) in [4.78, 5) is 103. The maximum absolute atomic E-state index is 13.8. The van der Waals surface area contributed by atoms with E-state index in [0.29, 0.717) is 12.8 Å². The van der Waals surface area contributed by atoms with Crippen LogP contribution < -0.4 is 54.0 Å². The van der Waals surface area contributed by atoms with Crippen molar-refractivity contribution in [1.82, 2.24) is 42.5 Å². The van der Waals surface area contributed by atoms with Gasteiger partial charge in [-0.1, -0.05) is 54.0 Å². The van der Waals surface area contributed by atoms with Crippen molar-refractivity contribution in [2.24, 2.45) is 23.3 Å². The molecule has 0 rings (SSSR count). The molecule has 0 spiro atoms. The van der Waals surface area contributed by atoms with Crippen LogP contribution in [0, 0.1) is 11.8 Å². The zero-order chi connectivity index (χ0) is 45.6. The normalized spacial score (nSPS) is 16.2. The molecule has 0 aromatic rings. The minimum Gasteiger partial charge on any atom is -0.480 e. The average Bonchev–Trinajstić information content (AvgIpc) is 3.18.